The van der Waals surface area contributed by atoms with Crippen LogP contribution in [0.15, 0.2) is 6.33 Å². The number of rotatable bonds is 16. The smallest absolute Gasteiger partial charge is 0.405 e. The van der Waals surface area contributed by atoms with Crippen LogP contribution < -0.4 is 15.6 Å². The monoisotopic (exact) mass is 650 g/mol. The molecule has 2 aromatic rings. The number of anilines is 1. The SMILES string of the molecule is CCOC(=O)CCNP(=O)(OCCSC(=O)C(C)(C)CO)OC[C@H]1OC(n2cnc3c(OC)nc(N)nc32)[C@@](C)(O)C1O. The maximum absolute atomic E-state index is 13.6. The number of nitrogens with zero attached hydrogens (tertiary/aromatic N) is 4. The Morgan fingerprint density at radius 2 is 2.05 bits per heavy atom. The molecule has 3 unspecified atom stereocenters. The van der Waals surface area contributed by atoms with Crippen molar-refractivity contribution in [1.82, 2.24) is 24.6 Å². The Balaban J connectivity index is 1.72. The highest BCUT2D eigenvalue weighted by molar-refractivity contribution is 8.13. The first kappa shape index (κ1) is 35.1. The molecule has 1 aliphatic heterocycles. The fourth-order valence-corrected chi connectivity index (χ4v) is 6.23. The van der Waals surface area contributed by atoms with E-state index in [0.717, 1.165) is 11.8 Å². The van der Waals surface area contributed by atoms with Gasteiger partial charge in [0.15, 0.2) is 22.5 Å². The summed E-state index contributed by atoms with van der Waals surface area (Å²) in [5.41, 5.74) is 3.35. The lowest BCUT2D eigenvalue weighted by molar-refractivity contribution is -0.142. The summed E-state index contributed by atoms with van der Waals surface area (Å²) < 4.78 is 42.0. The van der Waals surface area contributed by atoms with E-state index in [1.54, 1.807) is 20.8 Å². The van der Waals surface area contributed by atoms with Crippen molar-refractivity contribution in [2.75, 3.05) is 51.6 Å². The normalized spacial score (nSPS) is 23.8. The number of ether oxygens (including phenoxy) is 3. The van der Waals surface area contributed by atoms with Gasteiger partial charge in [0.2, 0.25) is 11.8 Å². The van der Waals surface area contributed by atoms with Crippen molar-refractivity contribution in [3.05, 3.63) is 6.33 Å². The van der Waals surface area contributed by atoms with Crippen LogP contribution in [0, 0.1) is 5.41 Å². The first-order valence-corrected chi connectivity index (χ1v) is 15.9. The number of carbonyl (C=O) groups is 2. The van der Waals surface area contributed by atoms with Gasteiger partial charge in [0, 0.05) is 12.3 Å². The third kappa shape index (κ3) is 8.40. The third-order valence-electron chi connectivity index (χ3n) is 6.48. The van der Waals surface area contributed by atoms with Crippen molar-refractivity contribution in [3.8, 4) is 5.88 Å². The molecule has 17 nitrogen and oxygen atoms in total. The predicted octanol–water partition coefficient (Wildman–Crippen LogP) is 0.389. The quantitative estimate of drug-likeness (QED) is 0.0937. The van der Waals surface area contributed by atoms with Crippen LogP contribution >= 0.6 is 19.5 Å². The number of nitrogens with one attached hydrogen (secondary N) is 1. The number of esters is 1. The number of nitrogen functional groups attached to an aromatic ring is 1. The number of methoxy groups -OCH3 is 1. The highest BCUT2D eigenvalue weighted by Crippen LogP contribution is 2.46. The Bertz CT molecular complexity index is 1330. The number of aliphatic hydroxyl groups excluding tert-OH is 2. The van der Waals surface area contributed by atoms with Gasteiger partial charge in [-0.05, 0) is 27.7 Å². The van der Waals surface area contributed by atoms with Crippen molar-refractivity contribution < 1.29 is 52.7 Å². The summed E-state index contributed by atoms with van der Waals surface area (Å²) in [6.45, 7) is 5.18. The van der Waals surface area contributed by atoms with Gasteiger partial charge in [-0.2, -0.15) is 9.97 Å². The molecule has 0 aromatic carbocycles. The molecule has 0 saturated carbocycles. The van der Waals surface area contributed by atoms with Crippen molar-refractivity contribution in [2.45, 2.75) is 58.2 Å². The zero-order chi connectivity index (χ0) is 32.0. The first-order chi connectivity index (χ1) is 20.2. The van der Waals surface area contributed by atoms with Crippen LogP contribution in [0.4, 0.5) is 5.95 Å². The average molecular weight is 651 g/mol. The molecule has 19 heteroatoms. The molecule has 0 amide bonds. The highest BCUT2D eigenvalue weighted by Gasteiger charge is 2.54. The highest BCUT2D eigenvalue weighted by atomic mass is 32.2. The zero-order valence-electron chi connectivity index (χ0n) is 24.6. The van der Waals surface area contributed by atoms with E-state index in [9.17, 15) is 29.5 Å². The van der Waals surface area contributed by atoms with Crippen molar-refractivity contribution in [3.63, 3.8) is 0 Å². The van der Waals surface area contributed by atoms with E-state index >= 15 is 0 Å². The van der Waals surface area contributed by atoms with Crippen LogP contribution in [0.3, 0.4) is 0 Å². The number of hydrogen-bond donors (Lipinski definition) is 5. The molecule has 1 aliphatic rings. The summed E-state index contributed by atoms with van der Waals surface area (Å²) in [5, 5.41) is 33.8. The largest absolute Gasteiger partial charge is 0.479 e. The number of aromatic nitrogens is 4. The minimum absolute atomic E-state index is 0.0939. The van der Waals surface area contributed by atoms with E-state index in [1.165, 1.54) is 24.9 Å². The Morgan fingerprint density at radius 1 is 1.33 bits per heavy atom. The topological polar surface area (TPSA) is 240 Å². The van der Waals surface area contributed by atoms with Gasteiger partial charge in [0.1, 0.15) is 17.8 Å². The zero-order valence-corrected chi connectivity index (χ0v) is 26.3. The molecule has 1 saturated heterocycles. The Labute approximate surface area is 252 Å². The van der Waals surface area contributed by atoms with Crippen LogP contribution in [-0.2, 0) is 32.7 Å². The lowest BCUT2D eigenvalue weighted by Crippen LogP contribution is -2.44. The number of aliphatic hydroxyl groups is 3. The van der Waals surface area contributed by atoms with E-state index in [4.69, 9.17) is 29.0 Å². The summed E-state index contributed by atoms with van der Waals surface area (Å²) >= 11 is 0.894. The second-order valence-corrected chi connectivity index (χ2v) is 13.3. The molecule has 1 fully saturated rings. The van der Waals surface area contributed by atoms with Gasteiger partial charge < -0.3 is 35.3 Å². The molecular formula is C24H39N6O11PS. The summed E-state index contributed by atoms with van der Waals surface area (Å²) in [7, 11) is -2.75. The van der Waals surface area contributed by atoms with Crippen LogP contribution in [-0.4, -0.2) is 110 Å². The summed E-state index contributed by atoms with van der Waals surface area (Å²) in [6.07, 6.45) is -2.78. The Kier molecular flexibility index (Phi) is 11.9. The number of carbonyl (C=O) groups excluding carboxylic acids is 2. The molecule has 0 spiro atoms. The van der Waals surface area contributed by atoms with Gasteiger partial charge in [0.05, 0.1) is 51.7 Å². The lowest BCUT2D eigenvalue weighted by Gasteiger charge is -2.27. The minimum atomic E-state index is -4.14. The van der Waals surface area contributed by atoms with E-state index in [1.807, 2.05) is 0 Å². The van der Waals surface area contributed by atoms with Crippen molar-refractivity contribution >= 4 is 47.7 Å². The molecule has 0 bridgehead atoms. The molecule has 3 heterocycles. The fraction of sp³-hybridized carbons (Fsp3) is 0.708. The minimum Gasteiger partial charge on any atom is -0.479 e. The Morgan fingerprint density at radius 3 is 2.70 bits per heavy atom. The second-order valence-electron chi connectivity index (χ2n) is 10.4. The molecule has 43 heavy (non-hydrogen) atoms. The lowest BCUT2D eigenvalue weighted by atomic mass is 9.96. The molecule has 242 valence electrons. The number of imidazole rings is 1. The van der Waals surface area contributed by atoms with Gasteiger partial charge in [-0.15, -0.1) is 0 Å². The summed E-state index contributed by atoms with van der Waals surface area (Å²) in [6, 6.07) is 0. The predicted molar refractivity (Wildman–Crippen MR) is 154 cm³/mol. The standard InChI is InChI=1S/C24H39N6O11PS/c1-6-38-15(32)7-8-27-42(36,39-9-10-43-21(34)23(2,3)12-31)40-11-14-17(33)24(4,35)20(41-14)30-13-26-16-18(30)28-22(25)29-19(16)37-5/h13-14,17,20,31,33,35H,6-12H2,1-5H3,(H,27,36)(H2,25,28,29)/t14-,17?,20?,24+,42?/m1/s1. The van der Waals surface area contributed by atoms with Crippen molar-refractivity contribution in [2.24, 2.45) is 5.41 Å². The molecule has 5 atom stereocenters. The average Bonchev–Trinajstić information content (AvgIpc) is 3.46. The van der Waals surface area contributed by atoms with E-state index in [2.05, 4.69) is 20.0 Å². The number of fused-ring (bicyclic) bond motifs is 1. The molecule has 0 radical (unpaired) electrons. The van der Waals surface area contributed by atoms with E-state index in [0.29, 0.717) is 0 Å². The number of nitrogens with two attached hydrogens (primary N) is 1. The van der Waals surface area contributed by atoms with Crippen LogP contribution in [0.5, 0.6) is 5.88 Å². The molecule has 2 aromatic heterocycles. The van der Waals surface area contributed by atoms with Gasteiger partial charge in [-0.25, -0.2) is 14.6 Å². The summed E-state index contributed by atoms with van der Waals surface area (Å²) in [5.74, 6) is -0.450. The maximum Gasteiger partial charge on any atom is 0.405 e. The second kappa shape index (κ2) is 14.6. The van der Waals surface area contributed by atoms with Gasteiger partial charge in [-0.1, -0.05) is 11.8 Å². The first-order valence-electron chi connectivity index (χ1n) is 13.4. The number of hydrogen-bond acceptors (Lipinski definition) is 16. The van der Waals surface area contributed by atoms with Crippen LogP contribution in [0.1, 0.15) is 40.3 Å². The van der Waals surface area contributed by atoms with E-state index in [-0.39, 0.29) is 66.6 Å². The van der Waals surface area contributed by atoms with Gasteiger partial charge in [0.25, 0.3) is 0 Å². The maximum atomic E-state index is 13.6. The van der Waals surface area contributed by atoms with Gasteiger partial charge in [-0.3, -0.25) is 23.2 Å². The van der Waals surface area contributed by atoms with Gasteiger partial charge >= 0.3 is 13.7 Å². The van der Waals surface area contributed by atoms with Crippen molar-refractivity contribution in [1.29, 1.82) is 0 Å². The van der Waals surface area contributed by atoms with Crippen LogP contribution in [0.2, 0.25) is 0 Å². The Hall–Kier alpha value is -2.41. The van der Waals surface area contributed by atoms with Crippen LogP contribution in [0.25, 0.3) is 11.2 Å². The number of thioether (sulfide) groups is 1. The molecule has 3 rings (SSSR count). The summed E-state index contributed by atoms with van der Waals surface area (Å²) in [4.78, 5) is 36.4. The molecule has 0 aliphatic carbocycles. The molecule has 6 N–H and O–H groups in total. The molecular weight excluding hydrogens is 611 g/mol. The van der Waals surface area contributed by atoms with E-state index < -0.39 is 49.8 Å². The fourth-order valence-electron chi connectivity index (χ4n) is 3.98. The third-order valence-corrected chi connectivity index (χ3v) is 9.29.